The van der Waals surface area contributed by atoms with E-state index in [9.17, 15) is 4.79 Å². The largest absolute Gasteiger partial charge is 0.340 e. The van der Waals surface area contributed by atoms with Gasteiger partial charge >= 0.3 is 0 Å². The summed E-state index contributed by atoms with van der Waals surface area (Å²) in [5.74, 6) is 0.543. The van der Waals surface area contributed by atoms with E-state index >= 15 is 0 Å². The molecule has 1 aliphatic heterocycles. The van der Waals surface area contributed by atoms with Gasteiger partial charge in [-0.25, -0.2) is 9.99 Å². The SMILES string of the molecule is O=C(c1ccc(Cl)cc1)N1N=C(c2ccccc2)C[C@H]1c1nc2ccccc2[nH]1. The monoisotopic (exact) mass is 400 g/mol. The molecule has 0 spiro atoms. The van der Waals surface area contributed by atoms with Gasteiger partial charge in [-0.15, -0.1) is 0 Å². The van der Waals surface area contributed by atoms with Crippen LogP contribution in [-0.2, 0) is 0 Å². The van der Waals surface area contributed by atoms with Crippen molar-refractivity contribution in [2.24, 2.45) is 5.10 Å². The third-order valence-electron chi connectivity index (χ3n) is 5.04. The van der Waals surface area contributed by atoms with E-state index in [-0.39, 0.29) is 11.9 Å². The van der Waals surface area contributed by atoms with Crippen molar-refractivity contribution in [3.05, 3.63) is 101 Å². The highest BCUT2D eigenvalue weighted by Crippen LogP contribution is 2.33. The number of para-hydroxylation sites is 2. The van der Waals surface area contributed by atoms with Crippen LogP contribution in [0.3, 0.4) is 0 Å². The van der Waals surface area contributed by atoms with Crippen LogP contribution in [0.15, 0.2) is 84.0 Å². The quantitative estimate of drug-likeness (QED) is 0.513. The summed E-state index contributed by atoms with van der Waals surface area (Å²) in [5.41, 5.74) is 4.20. The van der Waals surface area contributed by atoms with E-state index in [0.29, 0.717) is 17.0 Å². The zero-order valence-corrected chi connectivity index (χ0v) is 16.2. The molecule has 4 aromatic rings. The van der Waals surface area contributed by atoms with E-state index < -0.39 is 0 Å². The van der Waals surface area contributed by atoms with Crippen molar-refractivity contribution in [2.75, 3.05) is 0 Å². The minimum absolute atomic E-state index is 0.182. The number of nitrogens with one attached hydrogen (secondary N) is 1. The molecule has 5 nitrogen and oxygen atoms in total. The zero-order chi connectivity index (χ0) is 19.8. The number of H-pyrrole nitrogens is 1. The molecule has 0 unspecified atom stereocenters. The van der Waals surface area contributed by atoms with E-state index in [1.165, 1.54) is 5.01 Å². The van der Waals surface area contributed by atoms with Crippen LogP contribution in [0.4, 0.5) is 0 Å². The van der Waals surface area contributed by atoms with Gasteiger partial charge in [-0.2, -0.15) is 5.10 Å². The van der Waals surface area contributed by atoms with Gasteiger partial charge in [0.15, 0.2) is 0 Å². The minimum Gasteiger partial charge on any atom is -0.340 e. The van der Waals surface area contributed by atoms with E-state index in [0.717, 1.165) is 28.1 Å². The van der Waals surface area contributed by atoms with Crippen molar-refractivity contribution in [2.45, 2.75) is 12.5 Å². The van der Waals surface area contributed by atoms with Gasteiger partial charge in [0, 0.05) is 17.0 Å². The molecular formula is C23H17ClN4O. The number of aromatic nitrogens is 2. The number of nitrogens with zero attached hydrogens (tertiary/aromatic N) is 3. The Bertz CT molecular complexity index is 1180. The maximum atomic E-state index is 13.3. The molecule has 1 amide bonds. The summed E-state index contributed by atoms with van der Waals surface area (Å²) in [6.07, 6.45) is 0.586. The number of carbonyl (C=O) groups excluding carboxylic acids is 1. The van der Waals surface area contributed by atoms with Crippen molar-refractivity contribution in [1.29, 1.82) is 0 Å². The Morgan fingerprint density at radius 2 is 1.69 bits per heavy atom. The molecule has 2 heterocycles. The molecule has 5 rings (SSSR count). The number of aromatic amines is 1. The molecule has 0 saturated heterocycles. The van der Waals surface area contributed by atoms with Crippen LogP contribution in [0.5, 0.6) is 0 Å². The highest BCUT2D eigenvalue weighted by atomic mass is 35.5. The first-order valence-electron chi connectivity index (χ1n) is 9.36. The van der Waals surface area contributed by atoms with Crippen LogP contribution in [0, 0.1) is 0 Å². The smallest absolute Gasteiger partial charge is 0.274 e. The van der Waals surface area contributed by atoms with Crippen LogP contribution in [-0.4, -0.2) is 26.6 Å². The molecule has 0 bridgehead atoms. The summed E-state index contributed by atoms with van der Waals surface area (Å²) in [7, 11) is 0. The average molecular weight is 401 g/mol. The molecule has 1 aromatic heterocycles. The second kappa shape index (κ2) is 7.18. The third kappa shape index (κ3) is 3.30. The Balaban J connectivity index is 1.56. The summed E-state index contributed by atoms with van der Waals surface area (Å²) in [4.78, 5) is 21.3. The van der Waals surface area contributed by atoms with Gasteiger partial charge in [0.2, 0.25) is 0 Å². The van der Waals surface area contributed by atoms with Crippen molar-refractivity contribution in [3.63, 3.8) is 0 Å². The number of imidazole rings is 1. The Labute approximate surface area is 172 Å². The van der Waals surface area contributed by atoms with Crippen molar-refractivity contribution < 1.29 is 4.79 Å². The van der Waals surface area contributed by atoms with Crippen LogP contribution < -0.4 is 0 Å². The standard InChI is InChI=1S/C23H17ClN4O/c24-17-12-10-16(11-13-17)23(29)28-21(14-20(27-28)15-6-2-1-3-7-15)22-25-18-8-4-5-9-19(18)26-22/h1-13,21H,14H2,(H,25,26)/t21-/m0/s1. The normalized spacial score (nSPS) is 16.2. The number of rotatable bonds is 3. The zero-order valence-electron chi connectivity index (χ0n) is 15.4. The highest BCUT2D eigenvalue weighted by Gasteiger charge is 2.35. The first-order valence-corrected chi connectivity index (χ1v) is 9.73. The van der Waals surface area contributed by atoms with Gasteiger partial charge in [-0.3, -0.25) is 4.79 Å². The van der Waals surface area contributed by atoms with E-state index in [4.69, 9.17) is 21.7 Å². The van der Waals surface area contributed by atoms with Crippen LogP contribution in [0.2, 0.25) is 5.02 Å². The second-order valence-corrected chi connectivity index (χ2v) is 7.36. The van der Waals surface area contributed by atoms with Gasteiger partial charge in [-0.1, -0.05) is 54.1 Å². The summed E-state index contributed by atoms with van der Waals surface area (Å²) < 4.78 is 0. The number of carbonyl (C=O) groups is 1. The predicted octanol–water partition coefficient (Wildman–Crippen LogP) is 5.21. The number of hydrogen-bond donors (Lipinski definition) is 1. The Hall–Kier alpha value is -3.44. The lowest BCUT2D eigenvalue weighted by Gasteiger charge is -2.20. The molecule has 1 aliphatic rings. The number of halogens is 1. The number of hydrazone groups is 1. The lowest BCUT2D eigenvalue weighted by atomic mass is 10.0. The molecule has 142 valence electrons. The van der Waals surface area contributed by atoms with E-state index in [1.807, 2.05) is 54.6 Å². The van der Waals surface area contributed by atoms with Crippen molar-refractivity contribution in [1.82, 2.24) is 15.0 Å². The van der Waals surface area contributed by atoms with Gasteiger partial charge in [0.05, 0.1) is 16.7 Å². The Kier molecular flexibility index (Phi) is 4.37. The maximum Gasteiger partial charge on any atom is 0.274 e. The second-order valence-electron chi connectivity index (χ2n) is 6.93. The Morgan fingerprint density at radius 3 is 2.45 bits per heavy atom. The Morgan fingerprint density at radius 1 is 0.966 bits per heavy atom. The molecule has 1 N–H and O–H groups in total. The number of fused-ring (bicyclic) bond motifs is 1. The van der Waals surface area contributed by atoms with Crippen LogP contribution >= 0.6 is 11.6 Å². The summed E-state index contributed by atoms with van der Waals surface area (Å²) >= 11 is 5.98. The van der Waals surface area contributed by atoms with Gasteiger partial charge in [-0.05, 0) is 42.0 Å². The molecule has 6 heteroatoms. The molecule has 0 aliphatic carbocycles. The van der Waals surface area contributed by atoms with Crippen molar-refractivity contribution >= 4 is 34.3 Å². The number of benzene rings is 3. The third-order valence-corrected chi connectivity index (χ3v) is 5.29. The minimum atomic E-state index is -0.305. The van der Waals surface area contributed by atoms with Gasteiger partial charge < -0.3 is 4.98 Å². The topological polar surface area (TPSA) is 61.4 Å². The fourth-order valence-electron chi connectivity index (χ4n) is 3.57. The summed E-state index contributed by atoms with van der Waals surface area (Å²) in [6, 6.07) is 24.3. The molecule has 1 atom stereocenters. The summed E-state index contributed by atoms with van der Waals surface area (Å²) in [5, 5.41) is 6.81. The average Bonchev–Trinajstić information content (AvgIpc) is 3.39. The molecule has 29 heavy (non-hydrogen) atoms. The van der Waals surface area contributed by atoms with Gasteiger partial charge in [0.1, 0.15) is 11.9 Å². The van der Waals surface area contributed by atoms with Crippen molar-refractivity contribution in [3.8, 4) is 0 Å². The molecule has 0 fully saturated rings. The summed E-state index contributed by atoms with van der Waals surface area (Å²) in [6.45, 7) is 0. The molecule has 0 saturated carbocycles. The molecular weight excluding hydrogens is 384 g/mol. The van der Waals surface area contributed by atoms with E-state index in [1.54, 1.807) is 24.3 Å². The predicted molar refractivity (Wildman–Crippen MR) is 114 cm³/mol. The number of hydrogen-bond acceptors (Lipinski definition) is 3. The maximum absolute atomic E-state index is 13.3. The first kappa shape index (κ1) is 17.6. The number of amides is 1. The van der Waals surface area contributed by atoms with Crippen LogP contribution in [0.1, 0.15) is 34.2 Å². The first-order chi connectivity index (χ1) is 14.2. The van der Waals surface area contributed by atoms with Gasteiger partial charge in [0.25, 0.3) is 5.91 Å². The highest BCUT2D eigenvalue weighted by molar-refractivity contribution is 6.30. The fourth-order valence-corrected chi connectivity index (χ4v) is 3.70. The van der Waals surface area contributed by atoms with E-state index in [2.05, 4.69) is 4.98 Å². The lowest BCUT2D eigenvalue weighted by Crippen LogP contribution is -2.27. The molecule has 3 aromatic carbocycles. The lowest BCUT2D eigenvalue weighted by molar-refractivity contribution is 0.0705. The fraction of sp³-hybridized carbons (Fsp3) is 0.0870. The van der Waals surface area contributed by atoms with Crippen LogP contribution in [0.25, 0.3) is 11.0 Å². The molecule has 0 radical (unpaired) electrons.